The first-order chi connectivity index (χ1) is 10.8. The van der Waals surface area contributed by atoms with Crippen LogP contribution in [-0.2, 0) is 11.3 Å². The van der Waals surface area contributed by atoms with E-state index in [0.29, 0.717) is 5.56 Å². The Morgan fingerprint density at radius 1 is 1.04 bits per heavy atom. The average Bonchev–Trinajstić information content (AvgIpc) is 2.50. The number of hydrogen-bond donors (Lipinski definition) is 1. The van der Waals surface area contributed by atoms with Gasteiger partial charge in [-0.25, -0.2) is 9.28 Å². The molecule has 0 radical (unpaired) electrons. The lowest BCUT2D eigenvalue weighted by Crippen LogP contribution is -2.18. The second-order valence-electron chi connectivity index (χ2n) is 4.82. The third-order valence-electron chi connectivity index (χ3n) is 3.28. The Bertz CT molecular complexity index is 653. The number of aryl methyl sites for hydroxylation is 1. The Balaban J connectivity index is 2.29. The molecule has 3 nitrogen and oxygen atoms in total. The van der Waals surface area contributed by atoms with Gasteiger partial charge < -0.3 is 4.74 Å². The van der Waals surface area contributed by atoms with E-state index in [2.05, 4.69) is 9.62 Å². The molecule has 0 bridgehead atoms. The predicted molar refractivity (Wildman–Crippen MR) is 74.5 cm³/mol. The molecule has 2 aromatic rings. The van der Waals surface area contributed by atoms with Crippen molar-refractivity contribution < 1.29 is 32.4 Å². The van der Waals surface area contributed by atoms with Gasteiger partial charge in [-0.2, -0.15) is 0 Å². The zero-order valence-corrected chi connectivity index (χ0v) is 12.1. The van der Waals surface area contributed by atoms with Crippen molar-refractivity contribution in [1.82, 2.24) is 0 Å². The molecule has 0 amide bonds. The van der Waals surface area contributed by atoms with E-state index in [-0.39, 0.29) is 5.56 Å². The summed E-state index contributed by atoms with van der Waals surface area (Å²) in [5, 5.41) is 9.07. The zero-order chi connectivity index (χ0) is 17.0. The topological polar surface area (TPSA) is 38.7 Å². The molecule has 124 valence electrons. The number of ether oxygens (including phenoxy) is 1. The predicted octanol–water partition coefficient (Wildman–Crippen LogP) is 4.87. The summed E-state index contributed by atoms with van der Waals surface area (Å²) in [6.07, 6.45) is -5.18. The van der Waals surface area contributed by atoms with Crippen LogP contribution >= 0.6 is 0 Å². The largest absolute Gasteiger partial charge is 0.573 e. The van der Waals surface area contributed by atoms with E-state index >= 15 is 0 Å². The van der Waals surface area contributed by atoms with E-state index in [1.54, 1.807) is 12.1 Å². The number of rotatable bonds is 5. The van der Waals surface area contributed by atoms with Crippen LogP contribution in [0.5, 0.6) is 5.75 Å². The second-order valence-corrected chi connectivity index (χ2v) is 4.82. The van der Waals surface area contributed by atoms with Gasteiger partial charge in [0.1, 0.15) is 6.10 Å². The van der Waals surface area contributed by atoms with Crippen molar-refractivity contribution in [3.8, 4) is 5.75 Å². The second kappa shape index (κ2) is 6.97. The van der Waals surface area contributed by atoms with Crippen LogP contribution in [0.3, 0.4) is 0 Å². The fraction of sp³-hybridized carbons (Fsp3) is 0.250. The highest BCUT2D eigenvalue weighted by Gasteiger charge is 2.32. The minimum absolute atomic E-state index is 0.156. The molecule has 0 fully saturated rings. The molecule has 0 saturated heterocycles. The van der Waals surface area contributed by atoms with Crippen molar-refractivity contribution in [3.05, 3.63) is 65.0 Å². The Hall–Kier alpha value is -2.12. The monoisotopic (exact) mass is 330 g/mol. The molecule has 0 aromatic heterocycles. The molecule has 23 heavy (non-hydrogen) atoms. The summed E-state index contributed by atoms with van der Waals surface area (Å²) in [7, 11) is 0. The molecule has 0 heterocycles. The van der Waals surface area contributed by atoms with Gasteiger partial charge in [-0.1, -0.05) is 37.3 Å². The van der Waals surface area contributed by atoms with E-state index in [1.807, 2.05) is 19.1 Å². The fourth-order valence-corrected chi connectivity index (χ4v) is 2.13. The number of halogens is 4. The molecule has 0 saturated carbocycles. The Morgan fingerprint density at radius 2 is 1.65 bits per heavy atom. The number of hydrogen-bond acceptors (Lipinski definition) is 3. The van der Waals surface area contributed by atoms with Crippen molar-refractivity contribution in [2.45, 2.75) is 25.8 Å². The molecule has 1 unspecified atom stereocenters. The molecule has 2 rings (SSSR count). The molecule has 7 heteroatoms. The minimum Gasteiger partial charge on any atom is -0.403 e. The zero-order valence-electron chi connectivity index (χ0n) is 12.1. The van der Waals surface area contributed by atoms with Crippen molar-refractivity contribution >= 4 is 0 Å². The van der Waals surface area contributed by atoms with Gasteiger partial charge in [-0.15, -0.1) is 13.2 Å². The first-order valence-electron chi connectivity index (χ1n) is 6.78. The van der Waals surface area contributed by atoms with Gasteiger partial charge in [0.25, 0.3) is 0 Å². The van der Waals surface area contributed by atoms with Crippen LogP contribution in [0.1, 0.15) is 29.7 Å². The Kier molecular flexibility index (Phi) is 5.23. The molecular weight excluding hydrogens is 316 g/mol. The van der Waals surface area contributed by atoms with Crippen LogP contribution in [0.25, 0.3) is 0 Å². The molecule has 0 aliphatic heterocycles. The van der Waals surface area contributed by atoms with E-state index in [4.69, 9.17) is 5.26 Å². The SMILES string of the molecule is CCc1ccc(C(OO)c2ccc(OC(F)(F)F)c(F)c2)cc1. The first kappa shape index (κ1) is 17.2. The van der Waals surface area contributed by atoms with Crippen LogP contribution in [0.4, 0.5) is 17.6 Å². The number of alkyl halides is 3. The first-order valence-corrected chi connectivity index (χ1v) is 6.78. The lowest BCUT2D eigenvalue weighted by Gasteiger charge is -2.16. The summed E-state index contributed by atoms with van der Waals surface area (Å²) >= 11 is 0. The van der Waals surface area contributed by atoms with Gasteiger partial charge in [-0.05, 0) is 35.2 Å². The highest BCUT2D eigenvalue weighted by atomic mass is 19.4. The van der Waals surface area contributed by atoms with Crippen molar-refractivity contribution in [1.29, 1.82) is 0 Å². The summed E-state index contributed by atoms with van der Waals surface area (Å²) in [5.74, 6) is -2.15. The van der Waals surface area contributed by atoms with Crippen molar-refractivity contribution in [2.24, 2.45) is 0 Å². The van der Waals surface area contributed by atoms with Crippen LogP contribution < -0.4 is 4.74 Å². The standard InChI is InChI=1S/C16H14F4O3/c1-2-10-3-5-11(6-4-10)15(23-21)12-7-8-14(13(17)9-12)22-16(18,19)20/h3-9,15,21H,2H2,1H3. The van der Waals surface area contributed by atoms with Crippen LogP contribution in [0.15, 0.2) is 42.5 Å². The summed E-state index contributed by atoms with van der Waals surface area (Å²) < 4.78 is 53.7. The van der Waals surface area contributed by atoms with Crippen LogP contribution in [0.2, 0.25) is 0 Å². The lowest BCUT2D eigenvalue weighted by atomic mass is 9.99. The molecular formula is C16H14F4O3. The highest BCUT2D eigenvalue weighted by molar-refractivity contribution is 5.36. The maximum Gasteiger partial charge on any atom is 0.573 e. The summed E-state index contributed by atoms with van der Waals surface area (Å²) in [6, 6.07) is 9.88. The maximum atomic E-state index is 13.7. The normalized spacial score (nSPS) is 13.0. The molecule has 0 spiro atoms. The van der Waals surface area contributed by atoms with E-state index < -0.39 is 24.0 Å². The molecule has 1 atom stereocenters. The quantitative estimate of drug-likeness (QED) is 0.483. The minimum atomic E-state index is -4.98. The average molecular weight is 330 g/mol. The van der Waals surface area contributed by atoms with Gasteiger partial charge in [0, 0.05) is 0 Å². The van der Waals surface area contributed by atoms with Gasteiger partial charge in [0.15, 0.2) is 11.6 Å². The van der Waals surface area contributed by atoms with Crippen LogP contribution in [-0.4, -0.2) is 11.6 Å². The highest BCUT2D eigenvalue weighted by Crippen LogP contribution is 2.31. The Morgan fingerprint density at radius 3 is 2.13 bits per heavy atom. The van der Waals surface area contributed by atoms with Gasteiger partial charge in [0.2, 0.25) is 0 Å². The van der Waals surface area contributed by atoms with E-state index in [1.165, 1.54) is 6.07 Å². The lowest BCUT2D eigenvalue weighted by molar-refractivity contribution is -0.275. The van der Waals surface area contributed by atoms with Crippen molar-refractivity contribution in [3.63, 3.8) is 0 Å². The smallest absolute Gasteiger partial charge is 0.403 e. The van der Waals surface area contributed by atoms with Gasteiger partial charge in [-0.3, -0.25) is 5.26 Å². The number of benzene rings is 2. The van der Waals surface area contributed by atoms with Crippen LogP contribution in [0, 0.1) is 5.82 Å². The molecule has 1 N–H and O–H groups in total. The maximum absolute atomic E-state index is 13.7. The Labute approximate surface area is 130 Å². The third-order valence-corrected chi connectivity index (χ3v) is 3.28. The van der Waals surface area contributed by atoms with Gasteiger partial charge in [0.05, 0.1) is 0 Å². The molecule has 0 aliphatic rings. The summed E-state index contributed by atoms with van der Waals surface area (Å²) in [6.45, 7) is 1.98. The molecule has 2 aromatic carbocycles. The van der Waals surface area contributed by atoms with E-state index in [0.717, 1.165) is 24.1 Å². The van der Waals surface area contributed by atoms with Gasteiger partial charge >= 0.3 is 6.36 Å². The summed E-state index contributed by atoms with van der Waals surface area (Å²) in [4.78, 5) is 4.36. The third kappa shape index (κ3) is 4.43. The molecule has 0 aliphatic carbocycles. The van der Waals surface area contributed by atoms with E-state index in [9.17, 15) is 17.6 Å². The fourth-order valence-electron chi connectivity index (χ4n) is 2.13. The van der Waals surface area contributed by atoms with Crippen molar-refractivity contribution in [2.75, 3.05) is 0 Å². The summed E-state index contributed by atoms with van der Waals surface area (Å²) in [5.41, 5.74) is 1.75.